The Labute approximate surface area is 376 Å². The molecule has 0 aromatic carbocycles. The van der Waals surface area contributed by atoms with Crippen molar-refractivity contribution < 1.29 is 67.7 Å². The maximum Gasteiger partial charge on any atom is 0.472 e. The van der Waals surface area contributed by atoms with Gasteiger partial charge in [0.1, 0.15) is 30.5 Å². The number of phosphoric acid groups is 1. The number of aliphatic hydroxyl groups is 4. The minimum atomic E-state index is -4.69. The van der Waals surface area contributed by atoms with E-state index in [1.165, 1.54) is 89.9 Å². The molecule has 0 saturated carbocycles. The fraction of sp³-hybridized carbons (Fsp3) is 1.00. The number of phosphoric ester groups is 1. The molecule has 0 radical (unpaired) electrons. The van der Waals surface area contributed by atoms with Gasteiger partial charge in [-0.2, -0.15) is 0 Å². The fourth-order valence-electron chi connectivity index (χ4n) is 8.38. The fourth-order valence-corrected chi connectivity index (χ4v) is 8.80. The predicted octanol–water partition coefficient (Wildman–Crippen LogP) is 8.59. The van der Waals surface area contributed by atoms with Crippen LogP contribution in [0.15, 0.2) is 0 Å². The molecule has 14 nitrogen and oxygen atoms in total. The first-order valence-electron chi connectivity index (χ1n) is 24.8. The van der Waals surface area contributed by atoms with E-state index in [0.29, 0.717) is 56.7 Å². The van der Waals surface area contributed by atoms with Crippen LogP contribution in [0.25, 0.3) is 0 Å². The molecule has 0 amide bonds. The monoisotopic (exact) mass is 913 g/mol. The number of aliphatic hydroxyl groups excluding tert-OH is 4. The van der Waals surface area contributed by atoms with Crippen LogP contribution in [0.3, 0.4) is 0 Å². The zero-order chi connectivity index (χ0) is 45.4. The lowest BCUT2D eigenvalue weighted by atomic mass is 9.89. The van der Waals surface area contributed by atoms with Gasteiger partial charge in [0.05, 0.1) is 33.0 Å². The Morgan fingerprint density at radius 1 is 0.565 bits per heavy atom. The highest BCUT2D eigenvalue weighted by molar-refractivity contribution is 7.46. The van der Waals surface area contributed by atoms with Crippen molar-refractivity contribution in [1.29, 1.82) is 0 Å². The van der Waals surface area contributed by atoms with E-state index in [0.717, 1.165) is 64.2 Å². The van der Waals surface area contributed by atoms with Crippen LogP contribution in [0.2, 0.25) is 0 Å². The Balaban J connectivity index is 1.83. The van der Waals surface area contributed by atoms with Crippen molar-refractivity contribution >= 4 is 7.82 Å². The quantitative estimate of drug-likeness (QED) is 0.133. The molecule has 0 aromatic rings. The van der Waals surface area contributed by atoms with Crippen LogP contribution in [0, 0.1) is 23.7 Å². The summed E-state index contributed by atoms with van der Waals surface area (Å²) in [4.78, 5) is 18.8. The van der Waals surface area contributed by atoms with E-state index < -0.39 is 51.4 Å². The molecule has 62 heavy (non-hydrogen) atoms. The van der Waals surface area contributed by atoms with E-state index in [1.54, 1.807) is 0 Å². The molecule has 2 unspecified atom stereocenters. The third-order valence-electron chi connectivity index (χ3n) is 12.7. The minimum Gasteiger partial charge on any atom is -0.394 e. The molecule has 2 saturated heterocycles. The minimum absolute atomic E-state index is 0.0103. The largest absolute Gasteiger partial charge is 0.472 e. The maximum atomic E-state index is 11.5. The van der Waals surface area contributed by atoms with Crippen LogP contribution >= 0.6 is 7.82 Å². The Morgan fingerprint density at radius 3 is 1.47 bits per heavy atom. The molecule has 2 heterocycles. The van der Waals surface area contributed by atoms with Gasteiger partial charge in [0, 0.05) is 19.8 Å². The Bertz CT molecular complexity index is 1090. The SMILES string of the molecule is CC1CCC[C@@H](C)CCO[C@H](CO[C@@H]2O[C@@H]([C@H](O)CO)[C@H](O)[C@H]2O)COCCCCCCCCCCCCCCCCOC[C@H](OP(=O)(O)O)OCC[C@H](C)CCCC(C)CC1. The second-order valence-electron chi connectivity index (χ2n) is 19.0. The summed E-state index contributed by atoms with van der Waals surface area (Å²) in [6.07, 6.45) is 19.8. The molecule has 2 rings (SSSR count). The van der Waals surface area contributed by atoms with Gasteiger partial charge in [0.15, 0.2) is 12.6 Å². The van der Waals surface area contributed by atoms with Crippen LogP contribution in [-0.4, -0.2) is 126 Å². The molecule has 0 aromatic heterocycles. The van der Waals surface area contributed by atoms with Gasteiger partial charge in [-0.3, -0.25) is 4.52 Å². The molecule has 0 spiro atoms. The average molecular weight is 913 g/mol. The van der Waals surface area contributed by atoms with Crippen LogP contribution in [-0.2, 0) is 37.5 Å². The van der Waals surface area contributed by atoms with Crippen molar-refractivity contribution in [2.24, 2.45) is 23.7 Å². The first kappa shape index (κ1) is 57.8. The predicted molar refractivity (Wildman–Crippen MR) is 241 cm³/mol. The van der Waals surface area contributed by atoms with Crippen molar-refractivity contribution in [1.82, 2.24) is 0 Å². The molecular weight excluding hydrogens is 819 g/mol. The van der Waals surface area contributed by atoms with Crippen LogP contribution in [0.5, 0.6) is 0 Å². The third-order valence-corrected chi connectivity index (χ3v) is 13.2. The Morgan fingerprint density at radius 2 is 1.00 bits per heavy atom. The van der Waals surface area contributed by atoms with Gasteiger partial charge >= 0.3 is 7.82 Å². The van der Waals surface area contributed by atoms with E-state index >= 15 is 0 Å². The van der Waals surface area contributed by atoms with Gasteiger partial charge in [0.2, 0.25) is 0 Å². The highest BCUT2D eigenvalue weighted by atomic mass is 31.2. The lowest BCUT2D eigenvalue weighted by molar-refractivity contribution is -0.198. The van der Waals surface area contributed by atoms with Crippen molar-refractivity contribution in [3.05, 3.63) is 0 Å². The molecular formula is C47H93O14P. The molecule has 15 heteroatoms. The normalized spacial score (nSPS) is 33.9. The number of hydrogen-bond donors (Lipinski definition) is 6. The van der Waals surface area contributed by atoms with E-state index in [1.807, 2.05) is 0 Å². The van der Waals surface area contributed by atoms with Crippen molar-refractivity contribution in [2.75, 3.05) is 52.9 Å². The lowest BCUT2D eigenvalue weighted by Gasteiger charge is -2.23. The summed E-state index contributed by atoms with van der Waals surface area (Å²) in [6.45, 7) is 11.1. The lowest BCUT2D eigenvalue weighted by Crippen LogP contribution is -2.40. The molecule has 2 aliphatic heterocycles. The molecule has 2 aliphatic rings. The summed E-state index contributed by atoms with van der Waals surface area (Å²) < 4.78 is 51.6. The number of ether oxygens (including phenoxy) is 6. The zero-order valence-electron chi connectivity index (χ0n) is 39.4. The van der Waals surface area contributed by atoms with E-state index in [2.05, 4.69) is 27.7 Å². The first-order valence-corrected chi connectivity index (χ1v) is 26.4. The summed E-state index contributed by atoms with van der Waals surface area (Å²) in [6, 6.07) is 0. The van der Waals surface area contributed by atoms with E-state index in [4.69, 9.17) is 32.9 Å². The number of rotatable bonds is 7. The average Bonchev–Trinajstić information content (AvgIpc) is 3.51. The summed E-state index contributed by atoms with van der Waals surface area (Å²) >= 11 is 0. The van der Waals surface area contributed by atoms with Crippen LogP contribution < -0.4 is 0 Å². The van der Waals surface area contributed by atoms with Gasteiger partial charge in [-0.15, -0.1) is 0 Å². The van der Waals surface area contributed by atoms with E-state index in [-0.39, 0.29) is 19.3 Å². The first-order chi connectivity index (χ1) is 29.8. The zero-order valence-corrected chi connectivity index (χ0v) is 40.3. The summed E-state index contributed by atoms with van der Waals surface area (Å²) in [7, 11) is -4.69. The molecule has 6 N–H and O–H groups in total. The Kier molecular flexibility index (Phi) is 33.4. The van der Waals surface area contributed by atoms with Gasteiger partial charge in [-0.1, -0.05) is 156 Å². The second kappa shape index (κ2) is 35.8. The second-order valence-corrected chi connectivity index (χ2v) is 20.2. The van der Waals surface area contributed by atoms with Crippen molar-refractivity contribution in [3.8, 4) is 0 Å². The molecule has 370 valence electrons. The standard InChI is InChI=1S/C47H93O14P/c1-37-21-19-23-39(3)27-31-57-41(35-59-47-45(51)44(50)46(60-47)42(49)33-48)34-55-29-17-15-13-11-9-7-5-6-8-10-12-14-16-18-30-56-36-43(61-62(52,53)54)58-32-28-40(4)24-20-22-38(2)26-25-37/h37-51H,5-36H2,1-4H3,(H2,52,53,54)/t37?,38?,39-,40-,41+,42-,43+,44-,45-,46+,47-/m1/s1. The van der Waals surface area contributed by atoms with Crippen molar-refractivity contribution in [3.63, 3.8) is 0 Å². The Hall–Kier alpha value is -0.290. The number of hydrogen-bond acceptors (Lipinski definition) is 12. The summed E-state index contributed by atoms with van der Waals surface area (Å²) in [5.41, 5.74) is 0. The van der Waals surface area contributed by atoms with Gasteiger partial charge in [-0.25, -0.2) is 4.57 Å². The molecule has 11 atom stereocenters. The van der Waals surface area contributed by atoms with Crippen molar-refractivity contribution in [2.45, 2.75) is 225 Å². The third kappa shape index (κ3) is 29.4. The molecule has 0 aliphatic carbocycles. The summed E-state index contributed by atoms with van der Waals surface area (Å²) in [5, 5.41) is 40.1. The summed E-state index contributed by atoms with van der Waals surface area (Å²) in [5.74, 6) is 2.28. The van der Waals surface area contributed by atoms with Gasteiger partial charge in [-0.05, 0) is 49.4 Å². The van der Waals surface area contributed by atoms with Crippen LogP contribution in [0.1, 0.15) is 182 Å². The smallest absolute Gasteiger partial charge is 0.394 e. The molecule has 0 bridgehead atoms. The van der Waals surface area contributed by atoms with Gasteiger partial charge in [0.25, 0.3) is 0 Å². The highest BCUT2D eigenvalue weighted by Gasteiger charge is 2.46. The topological polar surface area (TPSA) is 203 Å². The van der Waals surface area contributed by atoms with Gasteiger partial charge < -0.3 is 58.6 Å². The highest BCUT2D eigenvalue weighted by Crippen LogP contribution is 2.38. The molecule has 2 fully saturated rings. The maximum absolute atomic E-state index is 11.5. The van der Waals surface area contributed by atoms with E-state index in [9.17, 15) is 34.8 Å². The van der Waals surface area contributed by atoms with Crippen LogP contribution in [0.4, 0.5) is 0 Å².